The van der Waals surface area contributed by atoms with Gasteiger partial charge in [-0.05, 0) is 29.0 Å². The van der Waals surface area contributed by atoms with Gasteiger partial charge in [-0.1, -0.05) is 39.8 Å². The summed E-state index contributed by atoms with van der Waals surface area (Å²) < 4.78 is 0. The summed E-state index contributed by atoms with van der Waals surface area (Å²) in [6, 6.07) is 8.03. The SMILES string of the molecule is CC1CN(C(=O)c2ccc(C(C)(C)C)cc2)C1. The molecule has 0 spiro atoms. The Morgan fingerprint density at radius 2 is 1.71 bits per heavy atom. The molecular formula is C15H21NO. The Kier molecular flexibility index (Phi) is 2.98. The van der Waals surface area contributed by atoms with Crippen LogP contribution in [-0.2, 0) is 5.41 Å². The van der Waals surface area contributed by atoms with Crippen LogP contribution in [0.25, 0.3) is 0 Å². The van der Waals surface area contributed by atoms with E-state index < -0.39 is 0 Å². The van der Waals surface area contributed by atoms with Crippen molar-refractivity contribution in [2.24, 2.45) is 5.92 Å². The first-order chi connectivity index (χ1) is 7.88. The van der Waals surface area contributed by atoms with E-state index in [0.29, 0.717) is 5.92 Å². The highest BCUT2D eigenvalue weighted by Gasteiger charge is 2.27. The zero-order chi connectivity index (χ0) is 12.6. The molecule has 1 aromatic rings. The van der Waals surface area contributed by atoms with Crippen molar-refractivity contribution in [1.29, 1.82) is 0 Å². The third-order valence-corrected chi connectivity index (χ3v) is 3.35. The second-order valence-corrected chi connectivity index (χ2v) is 6.14. The van der Waals surface area contributed by atoms with E-state index in [1.54, 1.807) is 0 Å². The second kappa shape index (κ2) is 4.17. The average Bonchev–Trinajstić information content (AvgIpc) is 2.23. The van der Waals surface area contributed by atoms with Crippen molar-refractivity contribution in [3.8, 4) is 0 Å². The van der Waals surface area contributed by atoms with E-state index in [1.807, 2.05) is 17.0 Å². The van der Waals surface area contributed by atoms with Gasteiger partial charge >= 0.3 is 0 Å². The van der Waals surface area contributed by atoms with E-state index in [2.05, 4.69) is 39.8 Å². The summed E-state index contributed by atoms with van der Waals surface area (Å²) >= 11 is 0. The second-order valence-electron chi connectivity index (χ2n) is 6.14. The summed E-state index contributed by atoms with van der Waals surface area (Å²) in [6.07, 6.45) is 0. The quantitative estimate of drug-likeness (QED) is 0.727. The lowest BCUT2D eigenvalue weighted by Gasteiger charge is -2.37. The lowest BCUT2D eigenvalue weighted by Crippen LogP contribution is -2.48. The van der Waals surface area contributed by atoms with Gasteiger partial charge in [-0.3, -0.25) is 4.79 Å². The van der Waals surface area contributed by atoms with Crippen molar-refractivity contribution < 1.29 is 4.79 Å². The summed E-state index contributed by atoms with van der Waals surface area (Å²) in [5.41, 5.74) is 2.23. The zero-order valence-electron chi connectivity index (χ0n) is 11.2. The van der Waals surface area contributed by atoms with Gasteiger partial charge in [0.25, 0.3) is 5.91 Å². The van der Waals surface area contributed by atoms with Crippen LogP contribution in [0.5, 0.6) is 0 Å². The Labute approximate surface area is 104 Å². The van der Waals surface area contributed by atoms with Gasteiger partial charge in [0.2, 0.25) is 0 Å². The van der Waals surface area contributed by atoms with E-state index in [4.69, 9.17) is 0 Å². The van der Waals surface area contributed by atoms with Gasteiger partial charge in [-0.2, -0.15) is 0 Å². The van der Waals surface area contributed by atoms with Crippen LogP contribution in [0.4, 0.5) is 0 Å². The average molecular weight is 231 g/mol. The van der Waals surface area contributed by atoms with Crippen LogP contribution in [0.3, 0.4) is 0 Å². The third-order valence-electron chi connectivity index (χ3n) is 3.35. The smallest absolute Gasteiger partial charge is 0.253 e. The summed E-state index contributed by atoms with van der Waals surface area (Å²) in [4.78, 5) is 14.0. The van der Waals surface area contributed by atoms with Gasteiger partial charge in [0.1, 0.15) is 0 Å². The minimum atomic E-state index is 0.146. The minimum absolute atomic E-state index is 0.146. The molecular weight excluding hydrogens is 210 g/mol. The number of rotatable bonds is 1. The van der Waals surface area contributed by atoms with Crippen LogP contribution in [0.2, 0.25) is 0 Å². The standard InChI is InChI=1S/C15H21NO/c1-11-9-16(10-11)14(17)12-5-7-13(8-6-12)15(2,3)4/h5-8,11H,9-10H2,1-4H3. The maximum atomic E-state index is 12.1. The Bertz CT molecular complexity index is 408. The molecule has 1 aromatic carbocycles. The van der Waals surface area contributed by atoms with Crippen LogP contribution in [0.1, 0.15) is 43.6 Å². The maximum absolute atomic E-state index is 12.1. The molecule has 2 heteroatoms. The van der Waals surface area contributed by atoms with Crippen LogP contribution in [-0.4, -0.2) is 23.9 Å². The molecule has 1 fully saturated rings. The summed E-state index contributed by atoms with van der Waals surface area (Å²) in [7, 11) is 0. The Morgan fingerprint density at radius 3 is 2.12 bits per heavy atom. The van der Waals surface area contributed by atoms with Crippen molar-refractivity contribution in [2.45, 2.75) is 33.1 Å². The molecule has 1 amide bonds. The fourth-order valence-electron chi connectivity index (χ4n) is 2.16. The molecule has 1 saturated heterocycles. The molecule has 0 saturated carbocycles. The molecule has 1 heterocycles. The van der Waals surface area contributed by atoms with E-state index in [-0.39, 0.29) is 11.3 Å². The molecule has 92 valence electrons. The number of carbonyl (C=O) groups is 1. The van der Waals surface area contributed by atoms with Gasteiger partial charge in [-0.15, -0.1) is 0 Å². The minimum Gasteiger partial charge on any atom is -0.338 e. The predicted molar refractivity (Wildman–Crippen MR) is 70.2 cm³/mol. The summed E-state index contributed by atoms with van der Waals surface area (Å²) in [5, 5.41) is 0. The first-order valence-corrected chi connectivity index (χ1v) is 6.28. The summed E-state index contributed by atoms with van der Waals surface area (Å²) in [5.74, 6) is 0.830. The molecule has 0 unspecified atom stereocenters. The number of carbonyl (C=O) groups excluding carboxylic acids is 1. The molecule has 0 radical (unpaired) electrons. The van der Waals surface area contributed by atoms with E-state index in [1.165, 1.54) is 5.56 Å². The zero-order valence-corrected chi connectivity index (χ0v) is 11.2. The fraction of sp³-hybridized carbons (Fsp3) is 0.533. The number of nitrogens with zero attached hydrogens (tertiary/aromatic N) is 1. The number of benzene rings is 1. The Morgan fingerprint density at radius 1 is 1.18 bits per heavy atom. The first kappa shape index (κ1) is 12.2. The lowest BCUT2D eigenvalue weighted by atomic mass is 9.86. The highest BCUT2D eigenvalue weighted by molar-refractivity contribution is 5.94. The molecule has 0 aliphatic carbocycles. The molecule has 0 bridgehead atoms. The highest BCUT2D eigenvalue weighted by Crippen LogP contribution is 2.23. The molecule has 0 N–H and O–H groups in total. The number of hydrogen-bond donors (Lipinski definition) is 0. The van der Waals surface area contributed by atoms with Crippen LogP contribution < -0.4 is 0 Å². The monoisotopic (exact) mass is 231 g/mol. The highest BCUT2D eigenvalue weighted by atomic mass is 16.2. The lowest BCUT2D eigenvalue weighted by molar-refractivity contribution is 0.0530. The van der Waals surface area contributed by atoms with Gasteiger partial charge < -0.3 is 4.90 Å². The Balaban J connectivity index is 2.10. The normalized spacial score (nSPS) is 16.8. The molecule has 2 nitrogen and oxygen atoms in total. The van der Waals surface area contributed by atoms with Gasteiger partial charge in [0.15, 0.2) is 0 Å². The number of likely N-dealkylation sites (tertiary alicyclic amines) is 1. The van der Waals surface area contributed by atoms with Crippen LogP contribution in [0.15, 0.2) is 24.3 Å². The molecule has 1 aliphatic rings. The van der Waals surface area contributed by atoms with Crippen LogP contribution >= 0.6 is 0 Å². The van der Waals surface area contributed by atoms with Crippen LogP contribution in [0, 0.1) is 5.92 Å². The largest absolute Gasteiger partial charge is 0.338 e. The van der Waals surface area contributed by atoms with Crippen molar-refractivity contribution >= 4 is 5.91 Å². The van der Waals surface area contributed by atoms with Crippen molar-refractivity contribution in [3.05, 3.63) is 35.4 Å². The molecule has 1 aliphatic heterocycles. The fourth-order valence-corrected chi connectivity index (χ4v) is 2.16. The number of amides is 1. The maximum Gasteiger partial charge on any atom is 0.253 e. The van der Waals surface area contributed by atoms with Crippen molar-refractivity contribution in [2.75, 3.05) is 13.1 Å². The van der Waals surface area contributed by atoms with Crippen molar-refractivity contribution in [1.82, 2.24) is 4.90 Å². The topological polar surface area (TPSA) is 20.3 Å². The summed E-state index contributed by atoms with van der Waals surface area (Å²) in [6.45, 7) is 10.5. The van der Waals surface area contributed by atoms with E-state index in [9.17, 15) is 4.79 Å². The molecule has 0 aromatic heterocycles. The third kappa shape index (κ3) is 2.51. The first-order valence-electron chi connectivity index (χ1n) is 6.28. The predicted octanol–water partition coefficient (Wildman–Crippen LogP) is 3.08. The van der Waals surface area contributed by atoms with E-state index in [0.717, 1.165) is 18.7 Å². The number of hydrogen-bond acceptors (Lipinski definition) is 1. The Hall–Kier alpha value is -1.31. The van der Waals surface area contributed by atoms with Crippen molar-refractivity contribution in [3.63, 3.8) is 0 Å². The van der Waals surface area contributed by atoms with Gasteiger partial charge in [0.05, 0.1) is 0 Å². The van der Waals surface area contributed by atoms with Gasteiger partial charge in [-0.25, -0.2) is 0 Å². The van der Waals surface area contributed by atoms with Gasteiger partial charge in [0, 0.05) is 18.7 Å². The molecule has 17 heavy (non-hydrogen) atoms. The molecule has 0 atom stereocenters. The van der Waals surface area contributed by atoms with E-state index >= 15 is 0 Å². The molecule has 2 rings (SSSR count).